The van der Waals surface area contributed by atoms with Gasteiger partial charge in [-0.3, -0.25) is 14.2 Å². The molecule has 0 atom stereocenters. The van der Waals surface area contributed by atoms with Gasteiger partial charge in [0.05, 0.1) is 17.0 Å². The molecule has 6 nitrogen and oxygen atoms in total. The topological polar surface area (TPSA) is 79.8 Å². The number of aromatic amines is 1. The first-order chi connectivity index (χ1) is 14.4. The van der Waals surface area contributed by atoms with E-state index >= 15 is 0 Å². The minimum absolute atomic E-state index is 0.0970. The molecule has 1 amide bonds. The van der Waals surface area contributed by atoms with Gasteiger partial charge in [0, 0.05) is 16.4 Å². The average Bonchev–Trinajstić information content (AvgIpc) is 3.08. The predicted octanol–water partition coefficient (Wildman–Crippen LogP) is 4.71. The Balaban J connectivity index is 1.66. The molecule has 0 aliphatic carbocycles. The van der Waals surface area contributed by atoms with Crippen LogP contribution in [0.3, 0.4) is 0 Å². The Hall–Kier alpha value is -3.03. The SMILES string of the molecule is Cc1ccc(-n2c(SCC(=O)Nc3cccc(Cl)c3)nc3cc(C)[nH]c3c2=O)cc1. The van der Waals surface area contributed by atoms with Gasteiger partial charge in [-0.15, -0.1) is 0 Å². The Morgan fingerprint density at radius 1 is 1.17 bits per heavy atom. The zero-order valence-corrected chi connectivity index (χ0v) is 18.0. The van der Waals surface area contributed by atoms with E-state index in [1.165, 1.54) is 16.3 Å². The molecule has 0 unspecified atom stereocenters. The number of thioether (sulfide) groups is 1. The number of nitrogens with zero attached hydrogens (tertiary/aromatic N) is 2. The van der Waals surface area contributed by atoms with Crippen molar-refractivity contribution in [1.29, 1.82) is 0 Å². The monoisotopic (exact) mass is 438 g/mol. The average molecular weight is 439 g/mol. The van der Waals surface area contributed by atoms with E-state index in [4.69, 9.17) is 11.6 Å². The van der Waals surface area contributed by atoms with Crippen molar-refractivity contribution in [2.24, 2.45) is 0 Å². The molecule has 0 radical (unpaired) electrons. The molecule has 0 aliphatic heterocycles. The van der Waals surface area contributed by atoms with Crippen LogP contribution in [0.4, 0.5) is 5.69 Å². The van der Waals surface area contributed by atoms with E-state index < -0.39 is 0 Å². The molecule has 152 valence electrons. The first kappa shape index (κ1) is 20.3. The number of benzene rings is 2. The second-order valence-electron chi connectivity index (χ2n) is 6.93. The highest BCUT2D eigenvalue weighted by atomic mass is 35.5. The lowest BCUT2D eigenvalue weighted by atomic mass is 10.2. The second kappa shape index (κ2) is 8.38. The van der Waals surface area contributed by atoms with Crippen LogP contribution in [-0.4, -0.2) is 26.2 Å². The lowest BCUT2D eigenvalue weighted by molar-refractivity contribution is -0.113. The fourth-order valence-electron chi connectivity index (χ4n) is 3.09. The van der Waals surface area contributed by atoms with Crippen molar-refractivity contribution in [3.63, 3.8) is 0 Å². The highest BCUT2D eigenvalue weighted by Gasteiger charge is 2.16. The van der Waals surface area contributed by atoms with Gasteiger partial charge in [0.2, 0.25) is 5.91 Å². The van der Waals surface area contributed by atoms with Gasteiger partial charge >= 0.3 is 0 Å². The zero-order chi connectivity index (χ0) is 21.3. The third-order valence-corrected chi connectivity index (χ3v) is 5.66. The minimum atomic E-state index is -0.211. The largest absolute Gasteiger partial charge is 0.353 e. The van der Waals surface area contributed by atoms with Gasteiger partial charge in [0.25, 0.3) is 5.56 Å². The number of carbonyl (C=O) groups excluding carboxylic acids is 1. The van der Waals surface area contributed by atoms with Crippen molar-refractivity contribution in [3.05, 3.63) is 81.2 Å². The van der Waals surface area contributed by atoms with Crippen molar-refractivity contribution in [2.45, 2.75) is 19.0 Å². The van der Waals surface area contributed by atoms with Crippen LogP contribution in [0.5, 0.6) is 0 Å². The van der Waals surface area contributed by atoms with Crippen LogP contribution in [0.25, 0.3) is 16.7 Å². The molecule has 0 aliphatic rings. The first-order valence-corrected chi connectivity index (χ1v) is 10.6. The smallest absolute Gasteiger partial charge is 0.283 e. The summed E-state index contributed by atoms with van der Waals surface area (Å²) < 4.78 is 1.54. The third kappa shape index (κ3) is 4.27. The molecule has 2 heterocycles. The van der Waals surface area contributed by atoms with Crippen molar-refractivity contribution in [2.75, 3.05) is 11.1 Å². The van der Waals surface area contributed by atoms with Gasteiger partial charge in [-0.1, -0.05) is 47.1 Å². The van der Waals surface area contributed by atoms with Crippen molar-refractivity contribution in [1.82, 2.24) is 14.5 Å². The van der Waals surface area contributed by atoms with Crippen LogP contribution < -0.4 is 10.9 Å². The molecule has 4 rings (SSSR count). The number of hydrogen-bond donors (Lipinski definition) is 2. The Bertz CT molecular complexity index is 1290. The number of anilines is 1. The number of amides is 1. The molecule has 8 heteroatoms. The normalized spacial score (nSPS) is 11.0. The fourth-order valence-corrected chi connectivity index (χ4v) is 4.09. The first-order valence-electron chi connectivity index (χ1n) is 9.28. The Morgan fingerprint density at radius 3 is 2.67 bits per heavy atom. The van der Waals surface area contributed by atoms with Crippen LogP contribution >= 0.6 is 23.4 Å². The molecule has 2 N–H and O–H groups in total. The summed E-state index contributed by atoms with van der Waals surface area (Å²) in [5.41, 5.74) is 4.09. The van der Waals surface area contributed by atoms with Crippen LogP contribution in [0.2, 0.25) is 5.02 Å². The third-order valence-electron chi connectivity index (χ3n) is 4.49. The number of fused-ring (bicyclic) bond motifs is 1. The van der Waals surface area contributed by atoms with Gasteiger partial charge < -0.3 is 10.3 Å². The number of aromatic nitrogens is 3. The van der Waals surface area contributed by atoms with Gasteiger partial charge in [-0.25, -0.2) is 4.98 Å². The Kier molecular flexibility index (Phi) is 5.65. The number of hydrogen-bond acceptors (Lipinski definition) is 4. The summed E-state index contributed by atoms with van der Waals surface area (Å²) in [4.78, 5) is 33.4. The number of halogens is 1. The molecule has 0 saturated heterocycles. The number of nitrogens with one attached hydrogen (secondary N) is 2. The molecule has 0 saturated carbocycles. The number of carbonyl (C=O) groups is 1. The molecule has 4 aromatic rings. The summed E-state index contributed by atoms with van der Waals surface area (Å²) in [6, 6.07) is 16.4. The summed E-state index contributed by atoms with van der Waals surface area (Å²) >= 11 is 7.18. The van der Waals surface area contributed by atoms with Crippen LogP contribution in [0, 0.1) is 13.8 Å². The van der Waals surface area contributed by atoms with Crippen molar-refractivity contribution in [3.8, 4) is 5.69 Å². The van der Waals surface area contributed by atoms with Gasteiger partial charge in [0.1, 0.15) is 5.52 Å². The second-order valence-corrected chi connectivity index (χ2v) is 8.31. The molecule has 0 bridgehead atoms. The van der Waals surface area contributed by atoms with E-state index in [9.17, 15) is 9.59 Å². The summed E-state index contributed by atoms with van der Waals surface area (Å²) in [5, 5.41) is 3.81. The molecule has 2 aromatic heterocycles. The number of H-pyrrole nitrogens is 1. The van der Waals surface area contributed by atoms with Gasteiger partial charge in [0.15, 0.2) is 5.16 Å². The quantitative estimate of drug-likeness (QED) is 0.349. The van der Waals surface area contributed by atoms with E-state index in [0.717, 1.165) is 11.3 Å². The van der Waals surface area contributed by atoms with E-state index in [1.807, 2.05) is 44.2 Å². The fraction of sp³-hybridized carbons (Fsp3) is 0.136. The highest BCUT2D eigenvalue weighted by molar-refractivity contribution is 7.99. The lowest BCUT2D eigenvalue weighted by Crippen LogP contribution is -2.23. The van der Waals surface area contributed by atoms with Crippen LogP contribution in [-0.2, 0) is 4.79 Å². The zero-order valence-electron chi connectivity index (χ0n) is 16.4. The molecule has 0 fully saturated rings. The maximum Gasteiger partial charge on any atom is 0.283 e. The molecular formula is C22H19ClN4O2S. The number of rotatable bonds is 5. The van der Waals surface area contributed by atoms with Gasteiger partial charge in [-0.05, 0) is 50.2 Å². The summed E-state index contributed by atoms with van der Waals surface area (Å²) in [6.07, 6.45) is 0. The maximum absolute atomic E-state index is 13.2. The van der Waals surface area contributed by atoms with Gasteiger partial charge in [-0.2, -0.15) is 0 Å². The lowest BCUT2D eigenvalue weighted by Gasteiger charge is -2.12. The molecular weight excluding hydrogens is 420 g/mol. The van der Waals surface area contributed by atoms with E-state index in [1.54, 1.807) is 24.3 Å². The number of aryl methyl sites for hydroxylation is 2. The Morgan fingerprint density at radius 2 is 1.93 bits per heavy atom. The predicted molar refractivity (Wildman–Crippen MR) is 122 cm³/mol. The highest BCUT2D eigenvalue weighted by Crippen LogP contribution is 2.23. The molecule has 2 aromatic carbocycles. The van der Waals surface area contributed by atoms with Crippen LogP contribution in [0.15, 0.2) is 64.5 Å². The van der Waals surface area contributed by atoms with Crippen LogP contribution in [0.1, 0.15) is 11.3 Å². The summed E-state index contributed by atoms with van der Waals surface area (Å²) in [5.74, 6) is -0.114. The van der Waals surface area contributed by atoms with Crippen molar-refractivity contribution >= 4 is 46.0 Å². The maximum atomic E-state index is 13.2. The summed E-state index contributed by atoms with van der Waals surface area (Å²) in [7, 11) is 0. The van der Waals surface area contributed by atoms with E-state index in [-0.39, 0.29) is 17.2 Å². The van der Waals surface area contributed by atoms with E-state index in [2.05, 4.69) is 15.3 Å². The molecule has 0 spiro atoms. The van der Waals surface area contributed by atoms with E-state index in [0.29, 0.717) is 32.6 Å². The Labute approximate surface area is 182 Å². The summed E-state index contributed by atoms with van der Waals surface area (Å²) in [6.45, 7) is 3.86. The molecule has 30 heavy (non-hydrogen) atoms. The minimum Gasteiger partial charge on any atom is -0.353 e. The standard InChI is InChI=1S/C22H19ClN4O2S/c1-13-6-8-17(9-7-13)27-21(29)20-18(10-14(2)24-20)26-22(27)30-12-19(28)25-16-5-3-4-15(23)11-16/h3-11,24H,12H2,1-2H3,(H,25,28). The van der Waals surface area contributed by atoms with Crippen molar-refractivity contribution < 1.29 is 4.79 Å².